The van der Waals surface area contributed by atoms with Gasteiger partial charge in [-0.2, -0.15) is 10.1 Å². The molecule has 1 atom stereocenters. The molecule has 0 aliphatic heterocycles. The summed E-state index contributed by atoms with van der Waals surface area (Å²) in [6.45, 7) is -0.577. The minimum absolute atomic E-state index is 0.0867. The van der Waals surface area contributed by atoms with Gasteiger partial charge in [0.05, 0.1) is 11.8 Å². The fraction of sp³-hybridized carbons (Fsp3) is 0.333. The molecule has 0 bridgehead atoms. The number of nitrogens with zero attached hydrogens (tertiary/aromatic N) is 3. The van der Waals surface area contributed by atoms with Crippen molar-refractivity contribution in [3.05, 3.63) is 52.7 Å². The van der Waals surface area contributed by atoms with Crippen molar-refractivity contribution in [1.82, 2.24) is 20.3 Å². The molecule has 0 fully saturated rings. The third-order valence-corrected chi connectivity index (χ3v) is 4.59. The zero-order valence-electron chi connectivity index (χ0n) is 16.2. The van der Waals surface area contributed by atoms with Crippen molar-refractivity contribution in [3.63, 3.8) is 0 Å². The Morgan fingerprint density at radius 3 is 3.17 bits per heavy atom. The fourth-order valence-electron chi connectivity index (χ4n) is 3.36. The highest BCUT2D eigenvalue weighted by molar-refractivity contribution is 5.97. The van der Waals surface area contributed by atoms with E-state index < -0.39 is 6.85 Å². The zero-order valence-corrected chi connectivity index (χ0v) is 13.2. The summed E-state index contributed by atoms with van der Waals surface area (Å²) >= 11 is 0. The molecule has 0 spiro atoms. The first-order chi connectivity index (χ1) is 12.8. The normalized spacial score (nSPS) is 18.7. The highest BCUT2D eigenvalue weighted by atomic mass is 16.5. The first-order valence-electron chi connectivity index (χ1n) is 9.33. The molecule has 0 saturated heterocycles. The second-order valence-corrected chi connectivity index (χ2v) is 6.11. The van der Waals surface area contributed by atoms with Gasteiger partial charge in [0.25, 0.3) is 0 Å². The number of H-pyrrole nitrogens is 1. The highest BCUT2D eigenvalue weighted by Crippen LogP contribution is 2.38. The molecule has 3 aromatic rings. The van der Waals surface area contributed by atoms with Crippen molar-refractivity contribution >= 4 is 5.78 Å². The molecule has 2 aromatic heterocycles. The molecule has 1 aliphatic carbocycles. The first-order valence-corrected chi connectivity index (χ1v) is 7.83. The number of hydrogen-bond acceptors (Lipinski definition) is 5. The van der Waals surface area contributed by atoms with Crippen LogP contribution in [0.1, 0.15) is 55.9 Å². The van der Waals surface area contributed by atoms with Crippen LogP contribution in [0.3, 0.4) is 0 Å². The monoisotopic (exact) mass is 325 g/mol. The Morgan fingerprint density at radius 1 is 1.50 bits per heavy atom. The molecule has 1 aliphatic rings. The summed E-state index contributed by atoms with van der Waals surface area (Å²) in [5.74, 6) is 0.150. The summed E-state index contributed by atoms with van der Waals surface area (Å²) in [4.78, 5) is 16.5. The number of nitrogens with one attached hydrogen (secondary N) is 1. The van der Waals surface area contributed by atoms with Gasteiger partial charge in [0.1, 0.15) is 0 Å². The summed E-state index contributed by atoms with van der Waals surface area (Å²) in [6, 6.07) is 5.78. The van der Waals surface area contributed by atoms with Crippen molar-refractivity contribution in [2.75, 3.05) is 0 Å². The predicted molar refractivity (Wildman–Crippen MR) is 87.8 cm³/mol. The molecule has 0 amide bonds. The van der Waals surface area contributed by atoms with Crippen LogP contribution in [0.25, 0.3) is 11.4 Å². The van der Waals surface area contributed by atoms with Gasteiger partial charge in [-0.15, -0.1) is 0 Å². The van der Waals surface area contributed by atoms with E-state index in [1.165, 1.54) is 0 Å². The minimum atomic E-state index is -2.42. The summed E-state index contributed by atoms with van der Waals surface area (Å²) in [5, 5.41) is 10.5. The molecule has 1 aromatic carbocycles. The Morgan fingerprint density at radius 2 is 2.42 bits per heavy atom. The number of carbonyl (C=O) groups excluding carboxylic acids is 1. The number of benzene rings is 1. The number of carbonyl (C=O) groups is 1. The molecule has 6 nitrogen and oxygen atoms in total. The number of aromatic amines is 1. The van der Waals surface area contributed by atoms with Gasteiger partial charge in [0.15, 0.2) is 5.78 Å². The van der Waals surface area contributed by atoms with Crippen LogP contribution in [-0.4, -0.2) is 26.1 Å². The maximum Gasteiger partial charge on any atom is 0.223 e. The average Bonchev–Trinajstić information content (AvgIpc) is 3.33. The number of Topliss-reactive ketones (excluding diaryl/α,β-unsaturated/α-hetero) is 1. The van der Waals surface area contributed by atoms with E-state index in [-0.39, 0.29) is 23.4 Å². The lowest BCUT2D eigenvalue weighted by molar-refractivity contribution is 0.0973. The molecule has 0 radical (unpaired) electrons. The molecule has 0 unspecified atom stereocenters. The second kappa shape index (κ2) is 5.70. The van der Waals surface area contributed by atoms with E-state index in [2.05, 4.69) is 20.3 Å². The predicted octanol–water partition coefficient (Wildman–Crippen LogP) is 3.38. The Hall–Kier alpha value is -2.76. The maximum absolute atomic E-state index is 12.5. The van der Waals surface area contributed by atoms with E-state index in [1.54, 1.807) is 6.20 Å². The fourth-order valence-corrected chi connectivity index (χ4v) is 3.36. The summed E-state index contributed by atoms with van der Waals surface area (Å²) < 4.78 is 26.9. The van der Waals surface area contributed by atoms with Crippen LogP contribution in [0.4, 0.5) is 0 Å². The molecule has 6 heteroatoms. The molecule has 4 rings (SSSR count). The Balaban J connectivity index is 1.55. The van der Waals surface area contributed by atoms with Gasteiger partial charge >= 0.3 is 0 Å². The van der Waals surface area contributed by atoms with E-state index in [0.29, 0.717) is 17.5 Å². The van der Waals surface area contributed by atoms with Gasteiger partial charge in [-0.05, 0) is 42.9 Å². The Labute approximate surface area is 143 Å². The smallest absolute Gasteiger partial charge is 0.223 e. The summed E-state index contributed by atoms with van der Waals surface area (Å²) in [6.07, 6.45) is 3.77. The number of aryl methyl sites for hydroxylation is 3. The van der Waals surface area contributed by atoms with Crippen molar-refractivity contribution < 1.29 is 13.4 Å². The Kier molecular flexibility index (Phi) is 2.79. The van der Waals surface area contributed by atoms with E-state index >= 15 is 0 Å². The standard InChI is InChI=1S/C18H18N4O2/c1-10-16(9-19-21-10)17(23)8-13-4-3-12-7-14(5-6-15(12)13)18-20-11(2)24-22-18/h5-7,9,13H,3-4,8H2,1-2H3,(H,19,21)/t13-/m0/s1/i2D3. The highest BCUT2D eigenvalue weighted by Gasteiger charge is 2.26. The SMILES string of the molecule is [2H]C([2H])([2H])c1nc(-c2ccc3c(c2)CC[C@H]3CC(=O)c2cn[nH]c2C)no1. The van der Waals surface area contributed by atoms with Crippen molar-refractivity contribution in [2.45, 2.75) is 39.0 Å². The quantitative estimate of drug-likeness (QED) is 0.743. The minimum Gasteiger partial charge on any atom is -0.339 e. The molecular formula is C18H18N4O2. The number of aromatic nitrogens is 4. The van der Waals surface area contributed by atoms with Crippen molar-refractivity contribution in [1.29, 1.82) is 0 Å². The third kappa shape index (κ3) is 2.54. The lowest BCUT2D eigenvalue weighted by Crippen LogP contribution is -2.06. The molecule has 24 heavy (non-hydrogen) atoms. The number of fused-ring (bicyclic) bond motifs is 1. The van der Waals surface area contributed by atoms with Gasteiger partial charge < -0.3 is 4.52 Å². The van der Waals surface area contributed by atoms with Crippen LogP contribution in [-0.2, 0) is 6.42 Å². The number of rotatable bonds is 4. The Bertz CT molecular complexity index is 1010. The van der Waals surface area contributed by atoms with Gasteiger partial charge in [-0.25, -0.2) is 0 Å². The van der Waals surface area contributed by atoms with Crippen LogP contribution in [0, 0.1) is 13.8 Å². The maximum atomic E-state index is 12.5. The first kappa shape index (κ1) is 11.7. The number of ketones is 1. The van der Waals surface area contributed by atoms with Crippen LogP contribution in [0.5, 0.6) is 0 Å². The van der Waals surface area contributed by atoms with Gasteiger partial charge in [-0.3, -0.25) is 9.89 Å². The van der Waals surface area contributed by atoms with E-state index in [1.807, 2.05) is 25.1 Å². The zero-order chi connectivity index (χ0) is 19.2. The van der Waals surface area contributed by atoms with Crippen LogP contribution >= 0.6 is 0 Å². The van der Waals surface area contributed by atoms with Gasteiger partial charge in [0, 0.05) is 28.6 Å². The third-order valence-electron chi connectivity index (χ3n) is 4.59. The lowest BCUT2D eigenvalue weighted by Gasteiger charge is -2.11. The number of hydrogen-bond donors (Lipinski definition) is 1. The second-order valence-electron chi connectivity index (χ2n) is 6.11. The topological polar surface area (TPSA) is 84.7 Å². The summed E-state index contributed by atoms with van der Waals surface area (Å²) in [5.41, 5.74) is 4.42. The summed E-state index contributed by atoms with van der Waals surface area (Å²) in [7, 11) is 0. The molecule has 2 heterocycles. The van der Waals surface area contributed by atoms with Crippen LogP contribution in [0.2, 0.25) is 0 Å². The van der Waals surface area contributed by atoms with E-state index in [4.69, 9.17) is 8.64 Å². The van der Waals surface area contributed by atoms with Gasteiger partial charge in [0.2, 0.25) is 11.7 Å². The van der Waals surface area contributed by atoms with Crippen molar-refractivity contribution in [3.8, 4) is 11.4 Å². The molecule has 1 N–H and O–H groups in total. The lowest BCUT2D eigenvalue weighted by atomic mass is 9.93. The molecular weight excluding hydrogens is 304 g/mol. The van der Waals surface area contributed by atoms with Crippen molar-refractivity contribution in [2.24, 2.45) is 0 Å². The van der Waals surface area contributed by atoms with E-state index in [9.17, 15) is 4.79 Å². The molecule has 0 saturated carbocycles. The van der Waals surface area contributed by atoms with Gasteiger partial charge in [-0.1, -0.05) is 17.3 Å². The largest absolute Gasteiger partial charge is 0.339 e. The molecule has 122 valence electrons. The van der Waals surface area contributed by atoms with E-state index in [0.717, 1.165) is 29.7 Å². The van der Waals surface area contributed by atoms with Crippen LogP contribution in [0.15, 0.2) is 28.9 Å². The van der Waals surface area contributed by atoms with Crippen LogP contribution < -0.4 is 0 Å². The average molecular weight is 325 g/mol.